The maximum absolute atomic E-state index is 13.0. The molecule has 33 heavy (non-hydrogen) atoms. The Kier molecular flexibility index (Phi) is 7.73. The summed E-state index contributed by atoms with van der Waals surface area (Å²) in [6, 6.07) is 12.0. The average molecular weight is 448 g/mol. The Hall–Kier alpha value is -3.19. The number of aromatic nitrogens is 3. The van der Waals surface area contributed by atoms with Gasteiger partial charge in [-0.2, -0.15) is 5.10 Å². The zero-order valence-electron chi connectivity index (χ0n) is 19.2. The van der Waals surface area contributed by atoms with Crippen molar-refractivity contribution in [2.45, 2.75) is 38.7 Å². The van der Waals surface area contributed by atoms with E-state index in [-0.39, 0.29) is 17.6 Å². The van der Waals surface area contributed by atoms with E-state index in [0.29, 0.717) is 31.2 Å². The molecule has 0 spiro atoms. The maximum Gasteiger partial charge on any atom is 0.255 e. The van der Waals surface area contributed by atoms with E-state index in [1.165, 1.54) is 32.1 Å². The highest BCUT2D eigenvalue weighted by Gasteiger charge is 2.25. The first-order valence-corrected chi connectivity index (χ1v) is 11.7. The van der Waals surface area contributed by atoms with Gasteiger partial charge in [-0.15, -0.1) is 0 Å². The lowest BCUT2D eigenvalue weighted by Crippen LogP contribution is -2.36. The minimum Gasteiger partial charge on any atom is -0.383 e. The van der Waals surface area contributed by atoms with Crippen molar-refractivity contribution >= 4 is 11.7 Å². The van der Waals surface area contributed by atoms with Crippen LogP contribution in [0.5, 0.6) is 0 Å². The van der Waals surface area contributed by atoms with E-state index < -0.39 is 0 Å². The van der Waals surface area contributed by atoms with Crippen LogP contribution < -0.4 is 11.1 Å². The van der Waals surface area contributed by atoms with Gasteiger partial charge in [-0.05, 0) is 17.5 Å². The normalized spacial score (nSPS) is 15.3. The first kappa shape index (κ1) is 23.0. The first-order chi connectivity index (χ1) is 16.1. The number of hydrogen-bond donors (Lipinski definition) is 2. The van der Waals surface area contributed by atoms with Crippen LogP contribution in [0, 0.1) is 11.8 Å². The molecule has 1 aliphatic carbocycles. The number of carbonyl (C=O) groups excluding carboxylic acids is 1. The monoisotopic (exact) mass is 447 g/mol. The smallest absolute Gasteiger partial charge is 0.255 e. The summed E-state index contributed by atoms with van der Waals surface area (Å²) in [6.07, 6.45) is 11.5. The second kappa shape index (κ2) is 11.1. The number of nitrogens with one attached hydrogen (secondary N) is 1. The number of aryl methyl sites for hydroxylation is 1. The molecule has 2 aromatic heterocycles. The van der Waals surface area contributed by atoms with Gasteiger partial charge in [-0.25, -0.2) is 4.98 Å². The van der Waals surface area contributed by atoms with Crippen LogP contribution in [0.2, 0.25) is 0 Å². The molecule has 2 heterocycles. The molecule has 3 N–H and O–H groups in total. The van der Waals surface area contributed by atoms with E-state index >= 15 is 0 Å². The van der Waals surface area contributed by atoms with Gasteiger partial charge in [0.1, 0.15) is 5.82 Å². The van der Waals surface area contributed by atoms with Gasteiger partial charge in [0.2, 0.25) is 0 Å². The lowest BCUT2D eigenvalue weighted by Gasteiger charge is -2.30. The molecule has 3 aromatic rings. The Bertz CT molecular complexity index is 1040. The Balaban J connectivity index is 1.40. The van der Waals surface area contributed by atoms with Crippen molar-refractivity contribution in [2.75, 3.05) is 18.9 Å². The highest BCUT2D eigenvalue weighted by Crippen LogP contribution is 2.30. The molecule has 1 aromatic carbocycles. The summed E-state index contributed by atoms with van der Waals surface area (Å²) in [6.45, 7) is 1.78. The van der Waals surface area contributed by atoms with Crippen molar-refractivity contribution in [3.8, 4) is 11.1 Å². The van der Waals surface area contributed by atoms with E-state index in [0.717, 1.165) is 16.7 Å². The Morgan fingerprint density at radius 1 is 1.18 bits per heavy atom. The Morgan fingerprint density at radius 3 is 2.70 bits per heavy atom. The molecular formula is C26H33N5O2. The topological polar surface area (TPSA) is 95.1 Å². The highest BCUT2D eigenvalue weighted by atomic mass is 16.5. The maximum atomic E-state index is 13.0. The van der Waals surface area contributed by atoms with Crippen LogP contribution in [-0.4, -0.2) is 33.8 Å². The van der Waals surface area contributed by atoms with Crippen LogP contribution in [0.1, 0.15) is 48.0 Å². The Labute approximate surface area is 195 Å². The predicted octanol–water partition coefficient (Wildman–Crippen LogP) is 4.21. The number of benzene rings is 1. The summed E-state index contributed by atoms with van der Waals surface area (Å²) < 4.78 is 7.80. The van der Waals surface area contributed by atoms with Gasteiger partial charge >= 0.3 is 0 Å². The molecule has 1 amide bonds. The van der Waals surface area contributed by atoms with E-state index in [2.05, 4.69) is 27.5 Å². The fourth-order valence-corrected chi connectivity index (χ4v) is 4.57. The number of rotatable bonds is 9. The number of ether oxygens (including phenoxy) is 1. The number of carbonyl (C=O) groups is 1. The van der Waals surface area contributed by atoms with Crippen molar-refractivity contribution in [2.24, 2.45) is 18.9 Å². The number of anilines is 1. The molecule has 0 radical (unpaired) electrons. The van der Waals surface area contributed by atoms with Crippen LogP contribution in [0.25, 0.3) is 11.1 Å². The number of nitrogen functional groups attached to an aromatic ring is 1. The van der Waals surface area contributed by atoms with Crippen LogP contribution in [0.15, 0.2) is 55.0 Å². The zero-order valence-corrected chi connectivity index (χ0v) is 19.2. The predicted molar refractivity (Wildman–Crippen MR) is 129 cm³/mol. The number of pyridine rings is 1. The van der Waals surface area contributed by atoms with Crippen molar-refractivity contribution in [1.29, 1.82) is 0 Å². The average Bonchev–Trinajstić information content (AvgIpc) is 3.29. The van der Waals surface area contributed by atoms with Crippen LogP contribution >= 0.6 is 0 Å². The van der Waals surface area contributed by atoms with Crippen molar-refractivity contribution in [3.05, 3.63) is 66.1 Å². The summed E-state index contributed by atoms with van der Waals surface area (Å²) >= 11 is 0. The third-order valence-corrected chi connectivity index (χ3v) is 6.49. The van der Waals surface area contributed by atoms with Gasteiger partial charge in [0.25, 0.3) is 5.91 Å². The van der Waals surface area contributed by atoms with Crippen molar-refractivity contribution < 1.29 is 9.53 Å². The van der Waals surface area contributed by atoms with E-state index in [1.54, 1.807) is 23.1 Å². The van der Waals surface area contributed by atoms with E-state index in [4.69, 9.17) is 10.5 Å². The lowest BCUT2D eigenvalue weighted by atomic mass is 9.80. The highest BCUT2D eigenvalue weighted by molar-refractivity contribution is 5.99. The molecule has 7 nitrogen and oxygen atoms in total. The van der Waals surface area contributed by atoms with Gasteiger partial charge in [-0.1, -0.05) is 62.4 Å². The first-order valence-electron chi connectivity index (χ1n) is 11.7. The minimum atomic E-state index is -0.199. The quantitative estimate of drug-likeness (QED) is 0.512. The molecule has 0 unspecified atom stereocenters. The molecule has 4 rings (SSSR count). The van der Waals surface area contributed by atoms with Gasteiger partial charge in [-0.3, -0.25) is 9.48 Å². The summed E-state index contributed by atoms with van der Waals surface area (Å²) in [5, 5.41) is 7.30. The molecular weight excluding hydrogens is 414 g/mol. The van der Waals surface area contributed by atoms with Gasteiger partial charge in [0, 0.05) is 43.0 Å². The molecule has 1 fully saturated rings. The molecule has 0 bridgehead atoms. The van der Waals surface area contributed by atoms with Crippen LogP contribution in [0.4, 0.5) is 5.82 Å². The molecule has 0 aliphatic heterocycles. The lowest BCUT2D eigenvalue weighted by molar-refractivity contribution is 0.0549. The molecule has 7 heteroatoms. The Morgan fingerprint density at radius 2 is 1.97 bits per heavy atom. The molecule has 0 saturated heterocycles. The largest absolute Gasteiger partial charge is 0.383 e. The number of nitrogens with zero attached hydrogens (tertiary/aromatic N) is 3. The summed E-state index contributed by atoms with van der Waals surface area (Å²) in [7, 11) is 1.85. The summed E-state index contributed by atoms with van der Waals surface area (Å²) in [5.74, 6) is 0.866. The molecule has 174 valence electrons. The van der Waals surface area contributed by atoms with E-state index in [1.807, 2.05) is 31.4 Å². The fraction of sp³-hybridized carbons (Fsp3) is 0.423. The molecule has 1 saturated carbocycles. The van der Waals surface area contributed by atoms with Gasteiger partial charge < -0.3 is 15.8 Å². The number of hydrogen-bond acceptors (Lipinski definition) is 5. The standard InChI is InChI=1S/C26H33N5O2/c1-31-16-22(15-30-31)21-12-24(25(27)28-13-21)26(32)29-14-23(20-10-6-3-7-11-20)18-33-17-19-8-4-2-5-9-19/h2,4-5,8-9,12-13,15-16,20,23H,3,6-7,10-11,14,17-18H2,1H3,(H2,27,28)(H,29,32)/t23-/m0/s1. The minimum absolute atomic E-state index is 0.199. The van der Waals surface area contributed by atoms with Crippen LogP contribution in [0.3, 0.4) is 0 Å². The third kappa shape index (κ3) is 6.20. The second-order valence-corrected chi connectivity index (χ2v) is 8.93. The summed E-state index contributed by atoms with van der Waals surface area (Å²) in [5.41, 5.74) is 9.32. The molecule has 1 aliphatic rings. The number of nitrogens with two attached hydrogens (primary N) is 1. The second-order valence-electron chi connectivity index (χ2n) is 8.93. The fourth-order valence-electron chi connectivity index (χ4n) is 4.57. The summed E-state index contributed by atoms with van der Waals surface area (Å²) in [4.78, 5) is 17.3. The third-order valence-electron chi connectivity index (χ3n) is 6.49. The number of amides is 1. The van der Waals surface area contributed by atoms with Gasteiger partial charge in [0.15, 0.2) is 0 Å². The van der Waals surface area contributed by atoms with Crippen LogP contribution in [-0.2, 0) is 18.4 Å². The zero-order chi connectivity index (χ0) is 23.0. The van der Waals surface area contributed by atoms with Crippen molar-refractivity contribution in [3.63, 3.8) is 0 Å². The SMILES string of the molecule is Cn1cc(-c2cnc(N)c(C(=O)NC[C@@H](COCc3ccccc3)C3CCCCC3)c2)cn1. The van der Waals surface area contributed by atoms with E-state index in [9.17, 15) is 4.79 Å². The van der Waals surface area contributed by atoms with Gasteiger partial charge in [0.05, 0.1) is 25.0 Å². The molecule has 1 atom stereocenters. The van der Waals surface area contributed by atoms with Crippen molar-refractivity contribution in [1.82, 2.24) is 20.1 Å².